The molecule has 0 aliphatic carbocycles. The van der Waals surface area contributed by atoms with Crippen molar-refractivity contribution in [2.45, 2.75) is 12.8 Å². The number of hydrogen-bond acceptors (Lipinski definition) is 1. The molecule has 1 aromatic heterocycles. The minimum atomic E-state index is -0.305. The Morgan fingerprint density at radius 3 is 3.07 bits per heavy atom. The normalized spacial score (nSPS) is 10.8. The molecule has 0 spiro atoms. The summed E-state index contributed by atoms with van der Waals surface area (Å²) >= 11 is 3.24. The summed E-state index contributed by atoms with van der Waals surface area (Å²) in [6.07, 6.45) is 3.41. The van der Waals surface area contributed by atoms with Crippen LogP contribution < -0.4 is 0 Å². The third-order valence-corrected chi connectivity index (χ3v) is 2.60. The van der Waals surface area contributed by atoms with Gasteiger partial charge in [0.2, 0.25) is 0 Å². The lowest BCUT2D eigenvalue weighted by Gasteiger charge is -1.91. The number of halogens is 2. The van der Waals surface area contributed by atoms with Crippen molar-refractivity contribution >= 4 is 27.0 Å². The first-order valence-electron chi connectivity index (χ1n) is 4.65. The number of aryl methyl sites for hydroxylation is 1. The average Bonchev–Trinajstić information content (AvgIpc) is 2.57. The second-order valence-corrected chi connectivity index (χ2v) is 4.21. The van der Waals surface area contributed by atoms with E-state index in [1.54, 1.807) is 0 Å². The molecule has 0 aliphatic rings. The van der Waals surface area contributed by atoms with Gasteiger partial charge >= 0.3 is 0 Å². The minimum absolute atomic E-state index is 0.305. The summed E-state index contributed by atoms with van der Waals surface area (Å²) in [5, 5.41) is 0. The first-order valence-corrected chi connectivity index (χ1v) is 5.44. The van der Waals surface area contributed by atoms with Gasteiger partial charge in [-0.15, -0.1) is 6.58 Å². The lowest BCUT2D eigenvalue weighted by Crippen LogP contribution is -1.85. The third kappa shape index (κ3) is 2.09. The molecule has 1 N–H and O–H groups in total. The van der Waals surface area contributed by atoms with Crippen molar-refractivity contribution in [1.29, 1.82) is 0 Å². The molecule has 15 heavy (non-hydrogen) atoms. The van der Waals surface area contributed by atoms with E-state index >= 15 is 0 Å². The first kappa shape index (κ1) is 10.4. The lowest BCUT2D eigenvalue weighted by molar-refractivity contribution is 0.636. The fourth-order valence-corrected chi connectivity index (χ4v) is 1.88. The fraction of sp³-hybridized carbons (Fsp3) is 0.182. The van der Waals surface area contributed by atoms with E-state index in [1.807, 2.05) is 12.1 Å². The summed E-state index contributed by atoms with van der Waals surface area (Å²) in [7, 11) is 0. The molecule has 0 fully saturated rings. The van der Waals surface area contributed by atoms with Crippen molar-refractivity contribution in [1.82, 2.24) is 9.97 Å². The molecule has 4 heteroatoms. The fourth-order valence-electron chi connectivity index (χ4n) is 1.45. The molecular weight excluding hydrogens is 259 g/mol. The van der Waals surface area contributed by atoms with Crippen molar-refractivity contribution in [2.75, 3.05) is 0 Å². The predicted octanol–water partition coefficient (Wildman–Crippen LogP) is 3.58. The van der Waals surface area contributed by atoms with Crippen molar-refractivity contribution < 1.29 is 4.39 Å². The summed E-state index contributed by atoms with van der Waals surface area (Å²) in [5.41, 5.74) is 1.12. The SMILES string of the molecule is C=CCCc1nc2c(F)cc(Br)cc2[nH]1. The van der Waals surface area contributed by atoms with Crippen LogP contribution in [-0.4, -0.2) is 9.97 Å². The second kappa shape index (κ2) is 4.14. The van der Waals surface area contributed by atoms with Crippen molar-refractivity contribution in [3.05, 3.63) is 40.9 Å². The minimum Gasteiger partial charge on any atom is -0.342 e. The van der Waals surface area contributed by atoms with Gasteiger partial charge in [-0.1, -0.05) is 22.0 Å². The Kier molecular flexibility index (Phi) is 2.86. The molecule has 78 valence electrons. The molecular formula is C11H10BrFN2. The van der Waals surface area contributed by atoms with Gasteiger partial charge in [-0.05, 0) is 18.6 Å². The number of H-pyrrole nitrogens is 1. The smallest absolute Gasteiger partial charge is 0.152 e. The number of imidazole rings is 1. The lowest BCUT2D eigenvalue weighted by atomic mass is 10.3. The summed E-state index contributed by atoms with van der Waals surface area (Å²) in [4.78, 5) is 7.27. The van der Waals surface area contributed by atoms with Gasteiger partial charge in [0.05, 0.1) is 5.52 Å². The highest BCUT2D eigenvalue weighted by atomic mass is 79.9. The highest BCUT2D eigenvalue weighted by Gasteiger charge is 2.08. The van der Waals surface area contributed by atoms with E-state index < -0.39 is 0 Å². The van der Waals surface area contributed by atoms with Gasteiger partial charge < -0.3 is 4.98 Å². The van der Waals surface area contributed by atoms with Gasteiger partial charge in [-0.3, -0.25) is 0 Å². The molecule has 2 aromatic rings. The maximum absolute atomic E-state index is 13.4. The Labute approximate surface area is 95.3 Å². The molecule has 0 saturated carbocycles. The van der Waals surface area contributed by atoms with E-state index in [1.165, 1.54) is 6.07 Å². The highest BCUT2D eigenvalue weighted by Crippen LogP contribution is 2.21. The maximum atomic E-state index is 13.4. The second-order valence-electron chi connectivity index (χ2n) is 3.29. The highest BCUT2D eigenvalue weighted by molar-refractivity contribution is 9.10. The van der Waals surface area contributed by atoms with Gasteiger partial charge in [0.1, 0.15) is 11.3 Å². The van der Waals surface area contributed by atoms with Crippen LogP contribution in [0, 0.1) is 5.82 Å². The topological polar surface area (TPSA) is 28.7 Å². The Morgan fingerprint density at radius 2 is 2.33 bits per heavy atom. The van der Waals surface area contributed by atoms with E-state index in [4.69, 9.17) is 0 Å². The van der Waals surface area contributed by atoms with Crippen molar-refractivity contribution in [3.8, 4) is 0 Å². The van der Waals surface area contributed by atoms with Crippen LogP contribution in [0.5, 0.6) is 0 Å². The number of hydrogen-bond donors (Lipinski definition) is 1. The standard InChI is InChI=1S/C11H10BrFN2/c1-2-3-4-10-14-9-6-7(12)5-8(13)11(9)15-10/h2,5-6H,1,3-4H2,(H,14,15). The van der Waals surface area contributed by atoms with Crippen LogP contribution in [-0.2, 0) is 6.42 Å². The summed E-state index contributed by atoms with van der Waals surface area (Å²) in [6, 6.07) is 3.24. The molecule has 0 amide bonds. The van der Waals surface area contributed by atoms with E-state index in [9.17, 15) is 4.39 Å². The summed E-state index contributed by atoms with van der Waals surface area (Å²) < 4.78 is 14.2. The number of allylic oxidation sites excluding steroid dienone is 1. The van der Waals surface area contributed by atoms with Crippen LogP contribution in [0.2, 0.25) is 0 Å². The zero-order valence-corrected chi connectivity index (χ0v) is 9.64. The van der Waals surface area contributed by atoms with Crippen LogP contribution in [0.1, 0.15) is 12.2 Å². The predicted molar refractivity (Wildman–Crippen MR) is 62.3 cm³/mol. The largest absolute Gasteiger partial charge is 0.342 e. The van der Waals surface area contributed by atoms with Crippen LogP contribution in [0.15, 0.2) is 29.3 Å². The number of fused-ring (bicyclic) bond motifs is 1. The molecule has 0 aliphatic heterocycles. The summed E-state index contributed by atoms with van der Waals surface area (Å²) in [5.74, 6) is 0.488. The van der Waals surface area contributed by atoms with Crippen LogP contribution in [0.25, 0.3) is 11.0 Å². The van der Waals surface area contributed by atoms with Crippen LogP contribution in [0.3, 0.4) is 0 Å². The monoisotopic (exact) mass is 268 g/mol. The van der Waals surface area contributed by atoms with Crippen LogP contribution in [0.4, 0.5) is 4.39 Å². The van der Waals surface area contributed by atoms with Crippen LogP contribution >= 0.6 is 15.9 Å². The van der Waals surface area contributed by atoms with Crippen molar-refractivity contribution in [3.63, 3.8) is 0 Å². The quantitative estimate of drug-likeness (QED) is 0.847. The molecule has 0 bridgehead atoms. The number of aromatic nitrogens is 2. The van der Waals surface area contributed by atoms with Gasteiger partial charge in [-0.2, -0.15) is 0 Å². The number of benzene rings is 1. The van der Waals surface area contributed by atoms with Gasteiger partial charge in [0.25, 0.3) is 0 Å². The molecule has 2 rings (SSSR count). The van der Waals surface area contributed by atoms with Gasteiger partial charge in [0.15, 0.2) is 5.82 Å². The third-order valence-electron chi connectivity index (χ3n) is 2.14. The Hall–Kier alpha value is -1.16. The molecule has 0 unspecified atom stereocenters. The molecule has 2 nitrogen and oxygen atoms in total. The molecule has 0 saturated heterocycles. The van der Waals surface area contributed by atoms with E-state index in [0.717, 1.165) is 24.2 Å². The van der Waals surface area contributed by atoms with Gasteiger partial charge in [-0.25, -0.2) is 9.37 Å². The number of rotatable bonds is 3. The Morgan fingerprint density at radius 1 is 1.53 bits per heavy atom. The number of aromatic amines is 1. The van der Waals surface area contributed by atoms with Crippen molar-refractivity contribution in [2.24, 2.45) is 0 Å². The molecule has 1 aromatic carbocycles. The maximum Gasteiger partial charge on any atom is 0.152 e. The molecule has 0 atom stereocenters. The van der Waals surface area contributed by atoms with Gasteiger partial charge in [0, 0.05) is 10.9 Å². The first-order chi connectivity index (χ1) is 7.20. The molecule has 1 heterocycles. The Balaban J connectivity index is 2.45. The summed E-state index contributed by atoms with van der Waals surface area (Å²) in [6.45, 7) is 3.64. The number of nitrogens with zero attached hydrogens (tertiary/aromatic N) is 1. The zero-order valence-electron chi connectivity index (χ0n) is 8.06. The van der Waals surface area contributed by atoms with E-state index in [2.05, 4.69) is 32.5 Å². The zero-order chi connectivity index (χ0) is 10.8. The Bertz CT molecular complexity index is 505. The average molecular weight is 269 g/mol. The number of nitrogens with one attached hydrogen (secondary N) is 1. The van der Waals surface area contributed by atoms with E-state index in [-0.39, 0.29) is 5.82 Å². The molecule has 0 radical (unpaired) electrons. The van der Waals surface area contributed by atoms with E-state index in [0.29, 0.717) is 9.99 Å².